The van der Waals surface area contributed by atoms with Crippen LogP contribution in [0.25, 0.3) is 0 Å². The summed E-state index contributed by atoms with van der Waals surface area (Å²) in [5, 5.41) is 0. The van der Waals surface area contributed by atoms with Crippen LogP contribution in [0.4, 0.5) is 28.9 Å². The SMILES string of the molecule is C=CCN(C(=O)[C@H](Cc1cc(F)cc(F)c1)CS(=O)(=O)c1cccc(C(=O)C[C@@H](Cc2cc(F)cc(F)c2)C(=O)N(CC=C)c2ccc(OC)cc2)c1)c1ccc(OC)cc1. The molecule has 2 amide bonds. The van der Waals surface area contributed by atoms with Crippen LogP contribution >= 0.6 is 0 Å². The molecule has 5 aromatic rings. The zero-order valence-electron chi connectivity index (χ0n) is 33.5. The summed E-state index contributed by atoms with van der Waals surface area (Å²) in [4.78, 5) is 45.0. The maximum absolute atomic E-state index is 14.3. The van der Waals surface area contributed by atoms with E-state index in [9.17, 15) is 40.4 Å². The van der Waals surface area contributed by atoms with Crippen LogP contribution in [0.3, 0.4) is 0 Å². The topological polar surface area (TPSA) is 110 Å². The molecule has 0 unspecified atom stereocenters. The molecule has 0 radical (unpaired) electrons. The number of Topliss-reactive ketones (excluding diaryl/α,β-unsaturated/α-hetero) is 1. The number of sulfone groups is 1. The first kappa shape index (κ1) is 45.5. The fourth-order valence-electron chi connectivity index (χ4n) is 6.93. The van der Waals surface area contributed by atoms with Gasteiger partial charge in [-0.2, -0.15) is 0 Å². The standard InChI is InChI=1S/C47H44F4N2O7S/c1-5-18-52(40-10-14-42(59-3)15-11-40)46(55)34(20-31-22-36(48)28-37(49)23-31)27-45(54)33-8-7-9-44(26-33)61(57,58)30-35(21-32-24-38(50)29-39(51)25-32)47(56)53(19-6-2)41-12-16-43(60-4)17-13-41/h5-17,22-26,28-29,34-35H,1-2,18-21,27,30H2,3-4H3/t34-,35-/m1/s1. The number of carbonyl (C=O) groups is 3. The first-order valence-electron chi connectivity index (χ1n) is 19.0. The monoisotopic (exact) mass is 856 g/mol. The van der Waals surface area contributed by atoms with Gasteiger partial charge in [0.25, 0.3) is 0 Å². The molecule has 0 aliphatic carbocycles. The molecule has 5 rings (SSSR count). The molecule has 61 heavy (non-hydrogen) atoms. The van der Waals surface area contributed by atoms with E-state index in [-0.39, 0.29) is 47.5 Å². The Morgan fingerprint density at radius 1 is 0.623 bits per heavy atom. The average Bonchev–Trinajstić information content (AvgIpc) is 3.23. The molecule has 0 saturated heterocycles. The molecule has 0 bridgehead atoms. The molecule has 0 N–H and O–H groups in total. The van der Waals surface area contributed by atoms with Gasteiger partial charge in [-0.25, -0.2) is 26.0 Å². The van der Waals surface area contributed by atoms with Crippen LogP contribution in [0.1, 0.15) is 27.9 Å². The number of hydrogen-bond donors (Lipinski definition) is 0. The van der Waals surface area contributed by atoms with Crippen LogP contribution in [0.15, 0.2) is 139 Å². The van der Waals surface area contributed by atoms with E-state index in [0.29, 0.717) is 35.0 Å². The van der Waals surface area contributed by atoms with Crippen LogP contribution in [0.2, 0.25) is 0 Å². The Kier molecular flexibility index (Phi) is 15.4. The number of hydrogen-bond acceptors (Lipinski definition) is 7. The number of rotatable bonds is 20. The average molecular weight is 857 g/mol. The van der Waals surface area contributed by atoms with Gasteiger partial charge in [-0.05, 0) is 109 Å². The van der Waals surface area contributed by atoms with Gasteiger partial charge in [0.05, 0.1) is 30.8 Å². The summed E-state index contributed by atoms with van der Waals surface area (Å²) in [7, 11) is -1.47. The summed E-state index contributed by atoms with van der Waals surface area (Å²) in [5.74, 6) is -7.83. The second kappa shape index (κ2) is 20.6. The molecule has 0 aliphatic heterocycles. The maximum atomic E-state index is 14.3. The molecule has 318 valence electrons. The quantitative estimate of drug-likeness (QED) is 0.0438. The second-order valence-electron chi connectivity index (χ2n) is 14.2. The minimum absolute atomic E-state index is 0.0198. The van der Waals surface area contributed by atoms with Crippen molar-refractivity contribution in [1.29, 1.82) is 0 Å². The smallest absolute Gasteiger partial charge is 0.231 e. The van der Waals surface area contributed by atoms with Crippen molar-refractivity contribution in [3.63, 3.8) is 0 Å². The van der Waals surface area contributed by atoms with Crippen LogP contribution in [-0.2, 0) is 32.3 Å². The molecular weight excluding hydrogens is 813 g/mol. The van der Waals surface area contributed by atoms with Gasteiger partial charge in [-0.3, -0.25) is 14.4 Å². The first-order chi connectivity index (χ1) is 29.1. The highest BCUT2D eigenvalue weighted by molar-refractivity contribution is 7.91. The van der Waals surface area contributed by atoms with Gasteiger partial charge in [0.2, 0.25) is 11.8 Å². The first-order valence-corrected chi connectivity index (χ1v) is 20.7. The normalized spacial score (nSPS) is 12.2. The van der Waals surface area contributed by atoms with Crippen LogP contribution in [0, 0.1) is 35.1 Å². The molecule has 0 heterocycles. The lowest BCUT2D eigenvalue weighted by atomic mass is 9.90. The highest BCUT2D eigenvalue weighted by Crippen LogP contribution is 2.29. The highest BCUT2D eigenvalue weighted by Gasteiger charge is 2.33. The van der Waals surface area contributed by atoms with E-state index in [2.05, 4.69) is 13.2 Å². The second-order valence-corrected chi connectivity index (χ2v) is 16.2. The summed E-state index contributed by atoms with van der Waals surface area (Å²) in [6, 6.07) is 23.5. The van der Waals surface area contributed by atoms with E-state index < -0.39 is 74.7 Å². The van der Waals surface area contributed by atoms with E-state index in [1.807, 2.05) is 0 Å². The lowest BCUT2D eigenvalue weighted by Crippen LogP contribution is -2.40. The Hall–Kier alpha value is -6.54. The van der Waals surface area contributed by atoms with E-state index in [1.54, 1.807) is 48.5 Å². The van der Waals surface area contributed by atoms with E-state index in [4.69, 9.17) is 9.47 Å². The molecule has 5 aromatic carbocycles. The summed E-state index contributed by atoms with van der Waals surface area (Å²) >= 11 is 0. The van der Waals surface area contributed by atoms with Crippen molar-refractivity contribution < 1.29 is 49.8 Å². The predicted molar refractivity (Wildman–Crippen MR) is 226 cm³/mol. The van der Waals surface area contributed by atoms with Crippen LogP contribution in [-0.4, -0.2) is 59.1 Å². The number of amides is 2. The highest BCUT2D eigenvalue weighted by atomic mass is 32.2. The number of benzene rings is 5. The lowest BCUT2D eigenvalue weighted by Gasteiger charge is -2.27. The fourth-order valence-corrected chi connectivity index (χ4v) is 8.50. The zero-order chi connectivity index (χ0) is 44.3. The minimum atomic E-state index is -4.42. The molecule has 0 saturated carbocycles. The van der Waals surface area contributed by atoms with Gasteiger partial charge in [-0.1, -0.05) is 24.3 Å². The Morgan fingerprint density at radius 2 is 1.05 bits per heavy atom. The minimum Gasteiger partial charge on any atom is -0.497 e. The summed E-state index contributed by atoms with van der Waals surface area (Å²) in [6.45, 7) is 7.46. The third-order valence-corrected chi connectivity index (χ3v) is 11.6. The van der Waals surface area contributed by atoms with Gasteiger partial charge in [0.15, 0.2) is 15.6 Å². The zero-order valence-corrected chi connectivity index (χ0v) is 34.3. The van der Waals surface area contributed by atoms with Gasteiger partial charge >= 0.3 is 0 Å². The summed E-state index contributed by atoms with van der Waals surface area (Å²) < 4.78 is 96.2. The van der Waals surface area contributed by atoms with E-state index in [0.717, 1.165) is 30.3 Å². The van der Waals surface area contributed by atoms with Crippen molar-refractivity contribution in [3.8, 4) is 11.5 Å². The van der Waals surface area contributed by atoms with Crippen molar-refractivity contribution in [2.75, 3.05) is 42.9 Å². The van der Waals surface area contributed by atoms with Gasteiger partial charge < -0.3 is 19.3 Å². The number of ketones is 1. The molecule has 0 aliphatic rings. The molecule has 0 aromatic heterocycles. The molecule has 0 spiro atoms. The number of methoxy groups -OCH3 is 2. The number of nitrogens with zero attached hydrogens (tertiary/aromatic N) is 2. The number of anilines is 2. The van der Waals surface area contributed by atoms with Gasteiger partial charge in [0.1, 0.15) is 34.8 Å². The number of halogens is 4. The number of ether oxygens (including phenoxy) is 2. The van der Waals surface area contributed by atoms with Gasteiger partial charge in [-0.15, -0.1) is 13.2 Å². The predicted octanol–water partition coefficient (Wildman–Crippen LogP) is 8.76. The van der Waals surface area contributed by atoms with Crippen LogP contribution < -0.4 is 19.3 Å². The van der Waals surface area contributed by atoms with Gasteiger partial charge in [0, 0.05) is 54.5 Å². The third kappa shape index (κ3) is 12.0. The van der Waals surface area contributed by atoms with Crippen LogP contribution in [0.5, 0.6) is 11.5 Å². The Morgan fingerprint density at radius 3 is 1.48 bits per heavy atom. The van der Waals surface area contributed by atoms with Crippen molar-refractivity contribution >= 4 is 38.8 Å². The largest absolute Gasteiger partial charge is 0.497 e. The molecular formula is C47H44F4N2O7S. The summed E-state index contributed by atoms with van der Waals surface area (Å²) in [6.07, 6.45) is 1.82. The summed E-state index contributed by atoms with van der Waals surface area (Å²) in [5.41, 5.74) is 0.880. The Balaban J connectivity index is 1.48. The Bertz CT molecular complexity index is 2460. The maximum Gasteiger partial charge on any atom is 0.231 e. The molecule has 9 nitrogen and oxygen atoms in total. The van der Waals surface area contributed by atoms with E-state index in [1.165, 1.54) is 54.4 Å². The van der Waals surface area contributed by atoms with Crippen molar-refractivity contribution in [3.05, 3.63) is 174 Å². The van der Waals surface area contributed by atoms with Crippen molar-refractivity contribution in [2.45, 2.75) is 24.2 Å². The molecule has 14 heteroatoms. The molecule has 2 atom stereocenters. The van der Waals surface area contributed by atoms with E-state index >= 15 is 0 Å². The van der Waals surface area contributed by atoms with Crippen molar-refractivity contribution in [2.24, 2.45) is 11.8 Å². The third-order valence-electron chi connectivity index (χ3n) is 9.80. The Labute approximate surface area is 352 Å². The number of carbonyl (C=O) groups excluding carboxylic acids is 3. The lowest BCUT2D eigenvalue weighted by molar-refractivity contribution is -0.122. The fraction of sp³-hybridized carbons (Fsp3) is 0.213. The molecule has 0 fully saturated rings. The van der Waals surface area contributed by atoms with Crippen molar-refractivity contribution in [1.82, 2.24) is 0 Å².